The lowest BCUT2D eigenvalue weighted by molar-refractivity contribution is -0.157. The number of benzene rings is 1. The van der Waals surface area contributed by atoms with Gasteiger partial charge in [-0.1, -0.05) is 30.3 Å². The minimum atomic E-state index is -0.831. The number of rotatable bonds is 3. The number of carboxylic acid groups (broad SMARTS) is 1. The second kappa shape index (κ2) is 6.10. The zero-order valence-corrected chi connectivity index (χ0v) is 12.6. The van der Waals surface area contributed by atoms with Crippen LogP contribution in [0.25, 0.3) is 0 Å². The number of amides is 1. The molecule has 1 saturated carbocycles. The van der Waals surface area contributed by atoms with Gasteiger partial charge in [0.05, 0.1) is 17.9 Å². The van der Waals surface area contributed by atoms with Crippen molar-refractivity contribution < 1.29 is 14.7 Å². The molecule has 1 heterocycles. The van der Waals surface area contributed by atoms with E-state index in [1.54, 1.807) is 0 Å². The Labute approximate surface area is 128 Å². The molecule has 2 aliphatic rings. The van der Waals surface area contributed by atoms with E-state index in [9.17, 15) is 9.59 Å². The van der Waals surface area contributed by atoms with Crippen molar-refractivity contribution in [2.45, 2.75) is 18.9 Å². The monoisotopic (exact) mass is 305 g/mol. The molecule has 5 heteroatoms. The van der Waals surface area contributed by atoms with Gasteiger partial charge in [-0.25, -0.2) is 0 Å². The van der Waals surface area contributed by atoms with Crippen molar-refractivity contribution in [1.29, 1.82) is 0 Å². The number of carbonyl (C=O) groups excluding carboxylic acids is 1. The van der Waals surface area contributed by atoms with Crippen LogP contribution in [0.2, 0.25) is 0 Å². The molecule has 0 bridgehead atoms. The molecule has 4 nitrogen and oxygen atoms in total. The molecule has 2 fully saturated rings. The Morgan fingerprint density at radius 2 is 1.86 bits per heavy atom. The average Bonchev–Trinajstić information content (AvgIpc) is 2.46. The summed E-state index contributed by atoms with van der Waals surface area (Å²) in [5.41, 5.74) is 1.14. The van der Waals surface area contributed by atoms with Crippen molar-refractivity contribution in [1.82, 2.24) is 4.90 Å². The second-order valence-corrected chi connectivity index (χ2v) is 6.81. The summed E-state index contributed by atoms with van der Waals surface area (Å²) in [6.07, 6.45) is 1.34. The Balaban J connectivity index is 1.78. The topological polar surface area (TPSA) is 57.6 Å². The molecular weight excluding hydrogens is 286 g/mol. The molecule has 1 aliphatic heterocycles. The van der Waals surface area contributed by atoms with Crippen molar-refractivity contribution >= 4 is 23.6 Å². The summed E-state index contributed by atoms with van der Waals surface area (Å²) in [7, 11) is 0. The van der Waals surface area contributed by atoms with E-state index in [1.807, 2.05) is 47.0 Å². The van der Waals surface area contributed by atoms with Gasteiger partial charge in [0.2, 0.25) is 5.91 Å². The van der Waals surface area contributed by atoms with Crippen LogP contribution in [0.15, 0.2) is 30.3 Å². The van der Waals surface area contributed by atoms with Gasteiger partial charge in [0.1, 0.15) is 0 Å². The van der Waals surface area contributed by atoms with Gasteiger partial charge < -0.3 is 10.0 Å². The van der Waals surface area contributed by atoms with Crippen LogP contribution < -0.4 is 0 Å². The highest BCUT2D eigenvalue weighted by Crippen LogP contribution is 2.39. The van der Waals surface area contributed by atoms with Gasteiger partial charge in [-0.15, -0.1) is 0 Å². The summed E-state index contributed by atoms with van der Waals surface area (Å²) < 4.78 is 0. The molecule has 0 aromatic heterocycles. The molecule has 3 unspecified atom stereocenters. The van der Waals surface area contributed by atoms with Crippen LogP contribution >= 0.6 is 11.8 Å². The minimum absolute atomic E-state index is 0.0304. The Kier molecular flexibility index (Phi) is 4.19. The maximum Gasteiger partial charge on any atom is 0.307 e. The first-order valence-corrected chi connectivity index (χ1v) is 8.50. The van der Waals surface area contributed by atoms with E-state index in [2.05, 4.69) is 0 Å². The fraction of sp³-hybridized carbons (Fsp3) is 0.500. The minimum Gasteiger partial charge on any atom is -0.481 e. The second-order valence-electron chi connectivity index (χ2n) is 5.66. The first-order valence-electron chi connectivity index (χ1n) is 7.34. The lowest BCUT2D eigenvalue weighted by atomic mass is 9.72. The third kappa shape index (κ3) is 2.79. The van der Waals surface area contributed by atoms with Crippen molar-refractivity contribution in [3.63, 3.8) is 0 Å². The standard InChI is InChI=1S/C16H19NO3S/c18-15(12-6-7-13(12)16(19)20)17-8-9-21-10-14(17)11-4-2-1-3-5-11/h1-5,12-14H,6-10H2,(H,19,20). The van der Waals surface area contributed by atoms with Crippen molar-refractivity contribution in [2.24, 2.45) is 11.8 Å². The summed E-state index contributed by atoms with van der Waals surface area (Å²) >= 11 is 1.85. The van der Waals surface area contributed by atoms with Gasteiger partial charge in [-0.3, -0.25) is 9.59 Å². The van der Waals surface area contributed by atoms with E-state index in [4.69, 9.17) is 5.11 Å². The lowest BCUT2D eigenvalue weighted by Crippen LogP contribution is -2.49. The predicted molar refractivity (Wildman–Crippen MR) is 82.1 cm³/mol. The quantitative estimate of drug-likeness (QED) is 0.931. The molecule has 0 spiro atoms. The SMILES string of the molecule is O=C(O)C1CCC1C(=O)N1CCSCC1c1ccccc1. The van der Waals surface area contributed by atoms with E-state index >= 15 is 0 Å². The fourth-order valence-corrected chi connectivity index (χ4v) is 4.21. The molecule has 1 aromatic carbocycles. The van der Waals surface area contributed by atoms with Crippen molar-refractivity contribution in [3.8, 4) is 0 Å². The molecule has 21 heavy (non-hydrogen) atoms. The summed E-state index contributed by atoms with van der Waals surface area (Å²) in [4.78, 5) is 25.8. The Morgan fingerprint density at radius 1 is 1.14 bits per heavy atom. The van der Waals surface area contributed by atoms with Gasteiger partial charge in [-0.2, -0.15) is 11.8 Å². The first kappa shape index (κ1) is 14.4. The predicted octanol–water partition coefficient (Wildman–Crippen LogP) is 2.41. The molecule has 112 valence electrons. The van der Waals surface area contributed by atoms with Crippen LogP contribution in [0.5, 0.6) is 0 Å². The van der Waals surface area contributed by atoms with Gasteiger partial charge >= 0.3 is 5.97 Å². The highest BCUT2D eigenvalue weighted by molar-refractivity contribution is 7.99. The van der Waals surface area contributed by atoms with E-state index in [0.717, 1.165) is 17.1 Å². The van der Waals surface area contributed by atoms with Crippen molar-refractivity contribution in [3.05, 3.63) is 35.9 Å². The Morgan fingerprint density at radius 3 is 2.48 bits per heavy atom. The third-order valence-electron chi connectivity index (χ3n) is 4.50. The summed E-state index contributed by atoms with van der Waals surface area (Å²) in [5, 5.41) is 9.16. The van der Waals surface area contributed by atoms with Crippen LogP contribution in [0.4, 0.5) is 0 Å². The maximum absolute atomic E-state index is 12.7. The van der Waals surface area contributed by atoms with Crippen molar-refractivity contribution in [2.75, 3.05) is 18.1 Å². The van der Waals surface area contributed by atoms with Crippen LogP contribution in [-0.4, -0.2) is 39.9 Å². The van der Waals surface area contributed by atoms with Crippen LogP contribution in [0.1, 0.15) is 24.4 Å². The summed E-state index contributed by atoms with van der Waals surface area (Å²) in [6.45, 7) is 0.714. The van der Waals surface area contributed by atoms with Crippen LogP contribution in [0.3, 0.4) is 0 Å². The average molecular weight is 305 g/mol. The van der Waals surface area contributed by atoms with Gasteiger partial charge in [0, 0.05) is 18.1 Å². The normalized spacial score (nSPS) is 28.8. The van der Waals surface area contributed by atoms with Crippen LogP contribution in [-0.2, 0) is 9.59 Å². The summed E-state index contributed by atoms with van der Waals surface area (Å²) in [5.74, 6) is 0.213. The smallest absolute Gasteiger partial charge is 0.307 e. The largest absolute Gasteiger partial charge is 0.481 e. The maximum atomic E-state index is 12.7. The fourth-order valence-electron chi connectivity index (χ4n) is 3.12. The lowest BCUT2D eigenvalue weighted by Gasteiger charge is -2.42. The number of carboxylic acids is 1. The number of hydrogen-bond donors (Lipinski definition) is 1. The number of nitrogens with zero attached hydrogens (tertiary/aromatic N) is 1. The van der Waals surface area contributed by atoms with E-state index in [0.29, 0.717) is 19.4 Å². The van der Waals surface area contributed by atoms with Crippen LogP contribution in [0, 0.1) is 11.8 Å². The molecule has 3 atom stereocenters. The summed E-state index contributed by atoms with van der Waals surface area (Å²) in [6, 6.07) is 10.1. The zero-order chi connectivity index (χ0) is 14.8. The molecule has 0 radical (unpaired) electrons. The number of aliphatic carboxylic acids is 1. The molecule has 1 aromatic rings. The molecule has 1 amide bonds. The van der Waals surface area contributed by atoms with Gasteiger partial charge in [-0.05, 0) is 18.4 Å². The Hall–Kier alpha value is -1.49. The molecule has 1 N–H and O–H groups in total. The number of thioether (sulfide) groups is 1. The first-order chi connectivity index (χ1) is 10.2. The molecular formula is C16H19NO3S. The molecule has 1 saturated heterocycles. The highest BCUT2D eigenvalue weighted by Gasteiger charge is 2.44. The highest BCUT2D eigenvalue weighted by atomic mass is 32.2. The molecule has 1 aliphatic carbocycles. The molecule has 3 rings (SSSR count). The van der Waals surface area contributed by atoms with E-state index < -0.39 is 11.9 Å². The number of carbonyl (C=O) groups is 2. The van der Waals surface area contributed by atoms with E-state index in [1.165, 1.54) is 0 Å². The van der Waals surface area contributed by atoms with E-state index in [-0.39, 0.29) is 17.9 Å². The van der Waals surface area contributed by atoms with Gasteiger partial charge in [0.15, 0.2) is 0 Å². The number of hydrogen-bond acceptors (Lipinski definition) is 3. The van der Waals surface area contributed by atoms with Gasteiger partial charge in [0.25, 0.3) is 0 Å². The Bertz CT molecular complexity index is 534. The third-order valence-corrected chi connectivity index (χ3v) is 5.53. The zero-order valence-electron chi connectivity index (χ0n) is 11.8.